The Hall–Kier alpha value is -0.800. The first-order valence-electron chi connectivity index (χ1n) is 5.38. The van der Waals surface area contributed by atoms with Gasteiger partial charge in [0.25, 0.3) is 0 Å². The second kappa shape index (κ2) is 4.62. The van der Waals surface area contributed by atoms with Crippen molar-refractivity contribution in [2.45, 2.75) is 25.8 Å². The summed E-state index contributed by atoms with van der Waals surface area (Å²) in [5, 5.41) is 0. The van der Waals surface area contributed by atoms with Gasteiger partial charge in [0.05, 0.1) is 6.54 Å². The lowest BCUT2D eigenvalue weighted by Gasteiger charge is -2.11. The maximum absolute atomic E-state index is 5.66. The quantitative estimate of drug-likeness (QED) is 0.787. The molecule has 0 unspecified atom stereocenters. The Balaban J connectivity index is 1.88. The van der Waals surface area contributed by atoms with Gasteiger partial charge in [0.15, 0.2) is 0 Å². The highest BCUT2D eigenvalue weighted by atomic mass is 16.3. The van der Waals surface area contributed by atoms with Crippen molar-refractivity contribution < 1.29 is 4.42 Å². The van der Waals surface area contributed by atoms with Crippen molar-refractivity contribution in [1.82, 2.24) is 4.90 Å². The fourth-order valence-electron chi connectivity index (χ4n) is 1.95. The number of hydrogen-bond donors (Lipinski definition) is 1. The molecule has 1 fully saturated rings. The van der Waals surface area contributed by atoms with Crippen LogP contribution in [0.25, 0.3) is 0 Å². The molecule has 0 aliphatic carbocycles. The molecular formula is C11H18N2O. The molecule has 0 aromatic carbocycles. The highest BCUT2D eigenvalue weighted by Gasteiger charge is 2.13. The third-order valence-electron chi connectivity index (χ3n) is 2.69. The Kier molecular flexibility index (Phi) is 3.22. The molecule has 3 nitrogen and oxygen atoms in total. The van der Waals surface area contributed by atoms with Gasteiger partial charge in [-0.15, -0.1) is 0 Å². The second-order valence-corrected chi connectivity index (χ2v) is 3.89. The molecule has 0 atom stereocenters. The van der Waals surface area contributed by atoms with Gasteiger partial charge in [-0.05, 0) is 44.6 Å². The van der Waals surface area contributed by atoms with Gasteiger partial charge in [-0.3, -0.25) is 4.90 Å². The van der Waals surface area contributed by atoms with Crippen molar-refractivity contribution in [1.29, 1.82) is 0 Å². The van der Waals surface area contributed by atoms with Crippen molar-refractivity contribution in [2.75, 3.05) is 19.6 Å². The second-order valence-electron chi connectivity index (χ2n) is 3.89. The standard InChI is InChI=1S/C11H18N2O/c12-6-5-10-3-4-11(14-10)9-13-7-1-2-8-13/h3-4H,1-2,5-9,12H2. The van der Waals surface area contributed by atoms with E-state index in [-0.39, 0.29) is 0 Å². The molecule has 0 bridgehead atoms. The highest BCUT2D eigenvalue weighted by molar-refractivity contribution is 5.07. The topological polar surface area (TPSA) is 42.4 Å². The Labute approximate surface area is 84.9 Å². The van der Waals surface area contributed by atoms with E-state index in [1.54, 1.807) is 0 Å². The molecule has 1 aliphatic rings. The average Bonchev–Trinajstić information content (AvgIpc) is 2.79. The molecule has 2 heterocycles. The average molecular weight is 194 g/mol. The fourth-order valence-corrected chi connectivity index (χ4v) is 1.95. The number of hydrogen-bond acceptors (Lipinski definition) is 3. The van der Waals surface area contributed by atoms with Crippen LogP contribution in [0.1, 0.15) is 24.4 Å². The summed E-state index contributed by atoms with van der Waals surface area (Å²) in [4.78, 5) is 2.44. The summed E-state index contributed by atoms with van der Waals surface area (Å²) >= 11 is 0. The molecule has 0 amide bonds. The van der Waals surface area contributed by atoms with Crippen LogP contribution < -0.4 is 5.73 Å². The first-order valence-corrected chi connectivity index (χ1v) is 5.38. The van der Waals surface area contributed by atoms with E-state index in [0.29, 0.717) is 6.54 Å². The molecule has 0 saturated carbocycles. The molecule has 0 spiro atoms. The van der Waals surface area contributed by atoms with Gasteiger partial charge < -0.3 is 10.2 Å². The van der Waals surface area contributed by atoms with Crippen molar-refractivity contribution >= 4 is 0 Å². The first-order chi connectivity index (χ1) is 6.88. The van der Waals surface area contributed by atoms with Crippen LogP contribution in [0.5, 0.6) is 0 Å². The van der Waals surface area contributed by atoms with E-state index in [2.05, 4.69) is 11.0 Å². The Bertz CT molecular complexity index is 277. The number of likely N-dealkylation sites (tertiary alicyclic amines) is 1. The number of nitrogens with zero attached hydrogens (tertiary/aromatic N) is 1. The molecule has 1 aliphatic heterocycles. The van der Waals surface area contributed by atoms with Gasteiger partial charge >= 0.3 is 0 Å². The zero-order chi connectivity index (χ0) is 9.80. The largest absolute Gasteiger partial charge is 0.465 e. The van der Waals surface area contributed by atoms with E-state index < -0.39 is 0 Å². The summed E-state index contributed by atoms with van der Waals surface area (Å²) in [6.45, 7) is 4.06. The van der Waals surface area contributed by atoms with Crippen LogP contribution in [0.4, 0.5) is 0 Å². The van der Waals surface area contributed by atoms with Gasteiger partial charge in [0, 0.05) is 6.42 Å². The SMILES string of the molecule is NCCc1ccc(CN2CCCC2)o1. The van der Waals surface area contributed by atoms with Gasteiger partial charge in [-0.2, -0.15) is 0 Å². The van der Waals surface area contributed by atoms with Crippen molar-refractivity contribution in [3.05, 3.63) is 23.7 Å². The summed E-state index contributed by atoms with van der Waals surface area (Å²) in [5.41, 5.74) is 5.46. The first kappa shape index (κ1) is 9.74. The van der Waals surface area contributed by atoms with E-state index in [4.69, 9.17) is 10.2 Å². The Morgan fingerprint density at radius 2 is 1.93 bits per heavy atom. The smallest absolute Gasteiger partial charge is 0.118 e. The molecule has 3 heteroatoms. The fraction of sp³-hybridized carbons (Fsp3) is 0.636. The van der Waals surface area contributed by atoms with Gasteiger partial charge in [0.1, 0.15) is 11.5 Å². The van der Waals surface area contributed by atoms with Crippen LogP contribution in [0.15, 0.2) is 16.5 Å². The maximum Gasteiger partial charge on any atom is 0.118 e. The Morgan fingerprint density at radius 1 is 1.21 bits per heavy atom. The molecule has 0 radical (unpaired) electrons. The van der Waals surface area contributed by atoms with Crippen molar-refractivity contribution in [3.63, 3.8) is 0 Å². The zero-order valence-electron chi connectivity index (χ0n) is 8.54. The molecule has 1 saturated heterocycles. The lowest BCUT2D eigenvalue weighted by atomic mass is 10.3. The minimum absolute atomic E-state index is 0.663. The van der Waals surface area contributed by atoms with Crippen LogP contribution in [-0.2, 0) is 13.0 Å². The normalized spacial score (nSPS) is 17.8. The van der Waals surface area contributed by atoms with Gasteiger partial charge in [-0.1, -0.05) is 0 Å². The van der Waals surface area contributed by atoms with Crippen LogP contribution in [0, 0.1) is 0 Å². The van der Waals surface area contributed by atoms with Crippen LogP contribution in [0.3, 0.4) is 0 Å². The summed E-state index contributed by atoms with van der Waals surface area (Å²) in [6.07, 6.45) is 3.51. The molecule has 1 aromatic rings. The van der Waals surface area contributed by atoms with E-state index in [9.17, 15) is 0 Å². The van der Waals surface area contributed by atoms with E-state index >= 15 is 0 Å². The van der Waals surface area contributed by atoms with E-state index in [1.807, 2.05) is 6.07 Å². The summed E-state index contributed by atoms with van der Waals surface area (Å²) in [6, 6.07) is 4.11. The molecular weight excluding hydrogens is 176 g/mol. The van der Waals surface area contributed by atoms with Gasteiger partial charge in [0.2, 0.25) is 0 Å². The van der Waals surface area contributed by atoms with Crippen LogP contribution in [-0.4, -0.2) is 24.5 Å². The molecule has 1 aromatic heterocycles. The number of nitrogens with two attached hydrogens (primary N) is 1. The molecule has 78 valence electrons. The Morgan fingerprint density at radius 3 is 2.64 bits per heavy atom. The van der Waals surface area contributed by atoms with Gasteiger partial charge in [-0.25, -0.2) is 0 Å². The lowest BCUT2D eigenvalue weighted by molar-refractivity contribution is 0.293. The third-order valence-corrected chi connectivity index (χ3v) is 2.69. The third kappa shape index (κ3) is 2.36. The summed E-state index contributed by atoms with van der Waals surface area (Å²) in [5.74, 6) is 2.09. The maximum atomic E-state index is 5.66. The predicted molar refractivity (Wildman–Crippen MR) is 56.0 cm³/mol. The minimum atomic E-state index is 0.663. The summed E-state index contributed by atoms with van der Waals surface area (Å²) in [7, 11) is 0. The highest BCUT2D eigenvalue weighted by Crippen LogP contribution is 2.15. The lowest BCUT2D eigenvalue weighted by Crippen LogP contribution is -2.17. The molecule has 2 N–H and O–H groups in total. The van der Waals surface area contributed by atoms with Crippen molar-refractivity contribution in [3.8, 4) is 0 Å². The van der Waals surface area contributed by atoms with E-state index in [1.165, 1.54) is 25.9 Å². The number of furan rings is 1. The summed E-state index contributed by atoms with van der Waals surface area (Å²) < 4.78 is 5.66. The minimum Gasteiger partial charge on any atom is -0.465 e. The van der Waals surface area contributed by atoms with Crippen LogP contribution >= 0.6 is 0 Å². The molecule has 14 heavy (non-hydrogen) atoms. The monoisotopic (exact) mass is 194 g/mol. The van der Waals surface area contributed by atoms with E-state index in [0.717, 1.165) is 24.5 Å². The number of rotatable bonds is 4. The predicted octanol–water partition coefficient (Wildman–Crippen LogP) is 1.38. The van der Waals surface area contributed by atoms with Crippen molar-refractivity contribution in [2.24, 2.45) is 5.73 Å². The van der Waals surface area contributed by atoms with Crippen LogP contribution in [0.2, 0.25) is 0 Å². The molecule has 2 rings (SSSR count). The zero-order valence-corrected chi connectivity index (χ0v) is 8.54.